The van der Waals surface area contributed by atoms with E-state index in [1.807, 2.05) is 32.0 Å². The van der Waals surface area contributed by atoms with Crippen molar-refractivity contribution in [2.24, 2.45) is 0 Å². The van der Waals surface area contributed by atoms with Gasteiger partial charge >= 0.3 is 0 Å². The Kier molecular flexibility index (Phi) is 6.32. The highest BCUT2D eigenvalue weighted by molar-refractivity contribution is 7.11. The molecule has 0 aliphatic carbocycles. The topological polar surface area (TPSA) is 80.8 Å². The molecule has 0 radical (unpaired) electrons. The number of rotatable bonds is 5. The number of carbonyl (C=O) groups is 2. The quantitative estimate of drug-likeness (QED) is 0.535. The third kappa shape index (κ3) is 4.41. The highest BCUT2D eigenvalue weighted by atomic mass is 35.5. The van der Waals surface area contributed by atoms with Crippen LogP contribution in [0.3, 0.4) is 0 Å². The van der Waals surface area contributed by atoms with Crippen molar-refractivity contribution in [3.05, 3.63) is 51.3 Å². The van der Waals surface area contributed by atoms with Gasteiger partial charge in [0.15, 0.2) is 6.10 Å². The molecule has 0 saturated carbocycles. The minimum atomic E-state index is -0.794. The Hall–Kier alpha value is -3.10. The van der Waals surface area contributed by atoms with Crippen LogP contribution in [0.4, 0.5) is 11.4 Å². The Morgan fingerprint density at radius 3 is 2.67 bits per heavy atom. The number of methoxy groups -OCH3 is 1. The van der Waals surface area contributed by atoms with Crippen LogP contribution in [-0.2, 0) is 9.59 Å². The zero-order chi connectivity index (χ0) is 23.9. The van der Waals surface area contributed by atoms with Gasteiger partial charge in [0.1, 0.15) is 17.5 Å². The van der Waals surface area contributed by atoms with E-state index in [9.17, 15) is 9.59 Å². The molecule has 1 aliphatic heterocycles. The maximum atomic E-state index is 13.1. The second kappa shape index (κ2) is 9.03. The van der Waals surface area contributed by atoms with Crippen LogP contribution in [0.5, 0.6) is 11.5 Å². The van der Waals surface area contributed by atoms with Gasteiger partial charge in [-0.2, -0.15) is 0 Å². The molecule has 1 aromatic heterocycles. The summed E-state index contributed by atoms with van der Waals surface area (Å²) in [5.74, 6) is 0.411. The van der Waals surface area contributed by atoms with E-state index in [-0.39, 0.29) is 11.8 Å². The first-order chi connectivity index (χ1) is 15.7. The summed E-state index contributed by atoms with van der Waals surface area (Å²) in [5.41, 5.74) is 2.77. The van der Waals surface area contributed by atoms with Gasteiger partial charge in [0.25, 0.3) is 5.91 Å². The van der Waals surface area contributed by atoms with Crippen molar-refractivity contribution in [1.29, 1.82) is 0 Å². The highest BCUT2D eigenvalue weighted by Crippen LogP contribution is 2.40. The van der Waals surface area contributed by atoms with Crippen molar-refractivity contribution in [3.8, 4) is 22.8 Å². The smallest absolute Gasteiger partial charge is 0.268 e. The van der Waals surface area contributed by atoms with Crippen molar-refractivity contribution < 1.29 is 19.1 Å². The number of halogens is 1. The number of hydrogen-bond donors (Lipinski definition) is 1. The van der Waals surface area contributed by atoms with Gasteiger partial charge in [0.05, 0.1) is 28.5 Å². The molecule has 0 saturated heterocycles. The summed E-state index contributed by atoms with van der Waals surface area (Å²) in [4.78, 5) is 33.4. The number of carbonyl (C=O) groups excluding carboxylic acids is 2. The number of nitrogens with one attached hydrogen (secondary N) is 1. The second-order valence-electron chi connectivity index (χ2n) is 7.80. The average Bonchev–Trinajstić information content (AvgIpc) is 3.12. The van der Waals surface area contributed by atoms with E-state index in [1.54, 1.807) is 43.4 Å². The molecule has 33 heavy (non-hydrogen) atoms. The SMILES string of the molecule is COc1ccc(NC(=O)C(C)N2C(=O)C(C)Oc3ccc(-c4nc(C)sc4C)cc32)cc1Cl. The third-order valence-corrected chi connectivity index (χ3v) is 6.65. The molecule has 3 aromatic rings. The number of benzene rings is 2. The fourth-order valence-corrected chi connectivity index (χ4v) is 4.91. The summed E-state index contributed by atoms with van der Waals surface area (Å²) in [6.07, 6.45) is -0.711. The first-order valence-corrected chi connectivity index (χ1v) is 11.6. The first kappa shape index (κ1) is 23.1. The Morgan fingerprint density at radius 2 is 2.03 bits per heavy atom. The lowest BCUT2D eigenvalue weighted by atomic mass is 10.1. The summed E-state index contributed by atoms with van der Waals surface area (Å²) in [6.45, 7) is 7.33. The number of fused-ring (bicyclic) bond motifs is 1. The lowest BCUT2D eigenvalue weighted by Crippen LogP contribution is -2.52. The van der Waals surface area contributed by atoms with Crippen LogP contribution < -0.4 is 19.7 Å². The van der Waals surface area contributed by atoms with Gasteiger partial charge in [-0.15, -0.1) is 11.3 Å². The van der Waals surface area contributed by atoms with Gasteiger partial charge in [-0.1, -0.05) is 11.6 Å². The molecule has 0 bridgehead atoms. The molecular weight excluding hydrogens is 462 g/mol. The summed E-state index contributed by atoms with van der Waals surface area (Å²) >= 11 is 7.79. The zero-order valence-electron chi connectivity index (χ0n) is 18.9. The van der Waals surface area contributed by atoms with E-state index < -0.39 is 12.1 Å². The van der Waals surface area contributed by atoms with Crippen LogP contribution in [0, 0.1) is 13.8 Å². The summed E-state index contributed by atoms with van der Waals surface area (Å²) in [6, 6.07) is 9.77. The van der Waals surface area contributed by atoms with E-state index >= 15 is 0 Å². The molecule has 1 aliphatic rings. The third-order valence-electron chi connectivity index (χ3n) is 5.47. The molecule has 2 heterocycles. The Morgan fingerprint density at radius 1 is 1.27 bits per heavy atom. The van der Waals surface area contributed by atoms with Crippen LogP contribution >= 0.6 is 22.9 Å². The first-order valence-electron chi connectivity index (χ1n) is 10.4. The second-order valence-corrected chi connectivity index (χ2v) is 9.62. The molecule has 0 fully saturated rings. The number of anilines is 2. The monoisotopic (exact) mass is 485 g/mol. The summed E-state index contributed by atoms with van der Waals surface area (Å²) in [5, 5.41) is 4.17. The van der Waals surface area contributed by atoms with E-state index in [4.69, 9.17) is 21.1 Å². The Balaban J connectivity index is 1.67. The summed E-state index contributed by atoms with van der Waals surface area (Å²) < 4.78 is 11.0. The number of nitrogens with zero attached hydrogens (tertiary/aromatic N) is 2. The largest absolute Gasteiger partial charge is 0.495 e. The van der Waals surface area contributed by atoms with Crippen molar-refractivity contribution in [3.63, 3.8) is 0 Å². The molecule has 7 nitrogen and oxygen atoms in total. The lowest BCUT2D eigenvalue weighted by Gasteiger charge is -2.36. The minimum Gasteiger partial charge on any atom is -0.495 e. The fourth-order valence-electron chi connectivity index (χ4n) is 3.81. The predicted octanol–water partition coefficient (Wildman–Crippen LogP) is 5.23. The lowest BCUT2D eigenvalue weighted by molar-refractivity contribution is -0.128. The van der Waals surface area contributed by atoms with Gasteiger partial charge < -0.3 is 14.8 Å². The zero-order valence-corrected chi connectivity index (χ0v) is 20.5. The van der Waals surface area contributed by atoms with Crippen LogP contribution in [-0.4, -0.2) is 36.1 Å². The van der Waals surface area contributed by atoms with E-state index in [0.717, 1.165) is 21.1 Å². The van der Waals surface area contributed by atoms with E-state index in [1.165, 1.54) is 12.0 Å². The number of hydrogen-bond acceptors (Lipinski definition) is 6. The number of thiazole rings is 1. The molecule has 0 spiro atoms. The Labute approximate surface area is 201 Å². The molecule has 1 N–H and O–H groups in total. The highest BCUT2D eigenvalue weighted by Gasteiger charge is 2.37. The van der Waals surface area contributed by atoms with Gasteiger partial charge in [0, 0.05) is 16.1 Å². The van der Waals surface area contributed by atoms with E-state index in [0.29, 0.717) is 27.9 Å². The fraction of sp³-hybridized carbons (Fsp3) is 0.292. The number of aromatic nitrogens is 1. The number of ether oxygens (including phenoxy) is 2. The summed E-state index contributed by atoms with van der Waals surface area (Å²) in [7, 11) is 1.52. The van der Waals surface area contributed by atoms with Crippen molar-refractivity contribution >= 4 is 46.1 Å². The van der Waals surface area contributed by atoms with Crippen molar-refractivity contribution in [2.75, 3.05) is 17.3 Å². The van der Waals surface area contributed by atoms with Gasteiger partial charge in [0.2, 0.25) is 5.91 Å². The molecule has 172 valence electrons. The maximum Gasteiger partial charge on any atom is 0.268 e. The molecule has 4 rings (SSSR count). The molecule has 2 unspecified atom stereocenters. The molecular formula is C24H24ClN3O4S. The Bertz CT molecular complexity index is 1240. The number of aryl methyl sites for hydroxylation is 2. The van der Waals surface area contributed by atoms with Gasteiger partial charge in [-0.25, -0.2) is 4.98 Å². The predicted molar refractivity (Wildman–Crippen MR) is 131 cm³/mol. The van der Waals surface area contributed by atoms with Crippen LogP contribution in [0.1, 0.15) is 23.7 Å². The van der Waals surface area contributed by atoms with Crippen LogP contribution in [0.15, 0.2) is 36.4 Å². The average molecular weight is 486 g/mol. The molecule has 9 heteroatoms. The number of amides is 2. The van der Waals surface area contributed by atoms with Gasteiger partial charge in [-0.05, 0) is 64.1 Å². The molecule has 2 atom stereocenters. The van der Waals surface area contributed by atoms with Crippen molar-refractivity contribution in [2.45, 2.75) is 39.8 Å². The maximum absolute atomic E-state index is 13.1. The normalized spacial score (nSPS) is 16.1. The van der Waals surface area contributed by atoms with Crippen molar-refractivity contribution in [1.82, 2.24) is 4.98 Å². The standard InChI is InChI=1S/C24H24ClN3O4S/c1-12(23(29)27-17-7-9-20(31-5)18(25)11-17)28-19-10-16(22-14(3)33-15(4)26-22)6-8-21(19)32-13(2)24(28)30/h6-13H,1-5H3,(H,27,29). The molecule has 2 amide bonds. The van der Waals surface area contributed by atoms with Crippen LogP contribution in [0.2, 0.25) is 5.02 Å². The van der Waals surface area contributed by atoms with E-state index in [2.05, 4.69) is 10.3 Å². The minimum absolute atomic E-state index is 0.291. The van der Waals surface area contributed by atoms with Crippen LogP contribution in [0.25, 0.3) is 11.3 Å². The van der Waals surface area contributed by atoms with Gasteiger partial charge in [-0.3, -0.25) is 14.5 Å². The molecule has 2 aromatic carbocycles.